The van der Waals surface area contributed by atoms with Crippen LogP contribution in [0.4, 0.5) is 4.39 Å². The Morgan fingerprint density at radius 3 is 2.27 bits per heavy atom. The van der Waals surface area contributed by atoms with Gasteiger partial charge in [-0.15, -0.1) is 0 Å². The summed E-state index contributed by atoms with van der Waals surface area (Å²) in [7, 11) is -0.941. The summed E-state index contributed by atoms with van der Waals surface area (Å²) < 4.78 is 50.8. The fourth-order valence-corrected chi connectivity index (χ4v) is 4.71. The molecule has 1 saturated heterocycles. The van der Waals surface area contributed by atoms with Gasteiger partial charge >= 0.3 is 0 Å². The Morgan fingerprint density at radius 1 is 1.00 bits per heavy atom. The third-order valence-corrected chi connectivity index (χ3v) is 6.75. The lowest BCUT2D eigenvalue weighted by molar-refractivity contribution is -0.127. The lowest BCUT2D eigenvalue weighted by Gasteiger charge is -2.33. The number of rotatable bonds is 6. The van der Waals surface area contributed by atoms with Gasteiger partial charge in [0.1, 0.15) is 22.2 Å². The molecule has 1 fully saturated rings. The van der Waals surface area contributed by atoms with E-state index in [1.54, 1.807) is 35.2 Å². The number of sulfonamides is 1. The van der Waals surface area contributed by atoms with Crippen molar-refractivity contribution in [3.8, 4) is 11.5 Å². The minimum atomic E-state index is -3.81. The van der Waals surface area contributed by atoms with Gasteiger partial charge in [-0.2, -0.15) is 4.31 Å². The molecule has 2 aromatic rings. The molecule has 0 bridgehead atoms. The van der Waals surface area contributed by atoms with E-state index in [2.05, 4.69) is 0 Å². The van der Waals surface area contributed by atoms with Crippen LogP contribution in [0.15, 0.2) is 53.4 Å². The molecule has 2 aromatic carbocycles. The average molecular weight is 434 g/mol. The van der Waals surface area contributed by atoms with E-state index in [0.717, 1.165) is 0 Å². The van der Waals surface area contributed by atoms with Crippen LogP contribution in [-0.2, 0) is 14.8 Å². The number of amides is 1. The monoisotopic (exact) mass is 434 g/mol. The molecule has 1 heterocycles. The van der Waals surface area contributed by atoms with Crippen LogP contribution in [0.25, 0.3) is 6.08 Å². The Kier molecular flexibility index (Phi) is 6.73. The topological polar surface area (TPSA) is 76.2 Å². The van der Waals surface area contributed by atoms with Crippen molar-refractivity contribution in [2.75, 3.05) is 40.4 Å². The van der Waals surface area contributed by atoms with Gasteiger partial charge < -0.3 is 14.4 Å². The van der Waals surface area contributed by atoms with E-state index in [4.69, 9.17) is 9.47 Å². The number of benzene rings is 2. The Bertz CT molecular complexity index is 1030. The second-order valence-corrected chi connectivity index (χ2v) is 8.54. The highest BCUT2D eigenvalue weighted by molar-refractivity contribution is 7.89. The molecule has 9 heteroatoms. The van der Waals surface area contributed by atoms with Gasteiger partial charge in [-0.3, -0.25) is 4.79 Å². The highest BCUT2D eigenvalue weighted by atomic mass is 32.2. The SMILES string of the molecule is COc1ccc(OC)c(S(=O)(=O)N2CCN(C(=O)/C=C/c3ccc(F)cc3)CC2)c1. The quantitative estimate of drug-likeness (QED) is 0.653. The molecule has 0 N–H and O–H groups in total. The van der Waals surface area contributed by atoms with Crippen molar-refractivity contribution in [3.63, 3.8) is 0 Å². The minimum Gasteiger partial charge on any atom is -0.497 e. The van der Waals surface area contributed by atoms with Crippen molar-refractivity contribution in [2.45, 2.75) is 4.90 Å². The van der Waals surface area contributed by atoms with E-state index >= 15 is 0 Å². The molecule has 0 spiro atoms. The number of nitrogens with zero attached hydrogens (tertiary/aromatic N) is 2. The Morgan fingerprint density at radius 2 is 1.67 bits per heavy atom. The fraction of sp³-hybridized carbons (Fsp3) is 0.286. The molecular weight excluding hydrogens is 411 g/mol. The lowest BCUT2D eigenvalue weighted by atomic mass is 10.2. The molecule has 0 saturated carbocycles. The number of ether oxygens (including phenoxy) is 2. The van der Waals surface area contributed by atoms with Crippen LogP contribution in [0, 0.1) is 5.82 Å². The van der Waals surface area contributed by atoms with Gasteiger partial charge in [0.2, 0.25) is 15.9 Å². The van der Waals surface area contributed by atoms with Crippen molar-refractivity contribution in [1.82, 2.24) is 9.21 Å². The molecular formula is C21H23FN2O5S. The van der Waals surface area contributed by atoms with E-state index < -0.39 is 10.0 Å². The van der Waals surface area contributed by atoms with Crippen molar-refractivity contribution in [1.29, 1.82) is 0 Å². The summed E-state index contributed by atoms with van der Waals surface area (Å²) in [4.78, 5) is 14.0. The molecule has 160 valence electrons. The summed E-state index contributed by atoms with van der Waals surface area (Å²) in [5.74, 6) is 0.0736. The summed E-state index contributed by atoms with van der Waals surface area (Å²) >= 11 is 0. The van der Waals surface area contributed by atoms with E-state index in [9.17, 15) is 17.6 Å². The zero-order chi connectivity index (χ0) is 21.7. The lowest BCUT2D eigenvalue weighted by Crippen LogP contribution is -2.50. The maximum absolute atomic E-state index is 13.1. The molecule has 1 aliphatic heterocycles. The zero-order valence-electron chi connectivity index (χ0n) is 16.7. The third kappa shape index (κ3) is 4.80. The summed E-state index contributed by atoms with van der Waals surface area (Å²) in [5, 5.41) is 0. The standard InChI is InChI=1S/C21H23FN2O5S/c1-28-18-8-9-19(29-2)20(15-18)30(26,27)24-13-11-23(12-14-24)21(25)10-5-16-3-6-17(22)7-4-16/h3-10,15H,11-14H2,1-2H3/b10-5+. The van der Waals surface area contributed by atoms with E-state index in [-0.39, 0.29) is 48.5 Å². The average Bonchev–Trinajstić information content (AvgIpc) is 2.78. The Balaban J connectivity index is 1.67. The van der Waals surface area contributed by atoms with Gasteiger partial charge in [0, 0.05) is 38.3 Å². The van der Waals surface area contributed by atoms with Crippen LogP contribution in [0.3, 0.4) is 0 Å². The first kappa shape index (κ1) is 21.8. The van der Waals surface area contributed by atoms with Gasteiger partial charge in [0.25, 0.3) is 0 Å². The van der Waals surface area contributed by atoms with E-state index in [1.165, 1.54) is 42.8 Å². The summed E-state index contributed by atoms with van der Waals surface area (Å²) in [6.07, 6.45) is 3.01. The molecule has 0 radical (unpaired) electrons. The van der Waals surface area contributed by atoms with Gasteiger partial charge in [0.05, 0.1) is 14.2 Å². The fourth-order valence-electron chi connectivity index (χ4n) is 3.12. The van der Waals surface area contributed by atoms with Crippen LogP contribution in [0.2, 0.25) is 0 Å². The highest BCUT2D eigenvalue weighted by Crippen LogP contribution is 2.31. The maximum atomic E-state index is 13.1. The summed E-state index contributed by atoms with van der Waals surface area (Å²) in [6.45, 7) is 0.855. The number of hydrogen-bond acceptors (Lipinski definition) is 5. The Labute approximate surface area is 175 Å². The van der Waals surface area contributed by atoms with Crippen LogP contribution in [-0.4, -0.2) is 63.9 Å². The van der Waals surface area contributed by atoms with Crippen molar-refractivity contribution in [2.24, 2.45) is 0 Å². The molecule has 30 heavy (non-hydrogen) atoms. The molecule has 0 aromatic heterocycles. The number of carbonyl (C=O) groups is 1. The molecule has 1 amide bonds. The van der Waals surface area contributed by atoms with E-state index in [0.29, 0.717) is 11.3 Å². The highest BCUT2D eigenvalue weighted by Gasteiger charge is 2.32. The zero-order valence-corrected chi connectivity index (χ0v) is 17.6. The molecule has 0 unspecified atom stereocenters. The normalized spacial score (nSPS) is 15.4. The first-order valence-corrected chi connectivity index (χ1v) is 10.7. The predicted octanol–water partition coefficient (Wildman–Crippen LogP) is 2.39. The maximum Gasteiger partial charge on any atom is 0.247 e. The number of hydrogen-bond donors (Lipinski definition) is 0. The third-order valence-electron chi connectivity index (χ3n) is 4.83. The second kappa shape index (κ2) is 9.27. The molecule has 1 aliphatic rings. The second-order valence-electron chi connectivity index (χ2n) is 6.63. The number of halogens is 1. The minimum absolute atomic E-state index is 0.0281. The largest absolute Gasteiger partial charge is 0.497 e. The number of methoxy groups -OCH3 is 2. The number of carbonyl (C=O) groups excluding carboxylic acids is 1. The molecule has 7 nitrogen and oxygen atoms in total. The van der Waals surface area contributed by atoms with Gasteiger partial charge in [-0.25, -0.2) is 12.8 Å². The first-order chi connectivity index (χ1) is 14.3. The smallest absolute Gasteiger partial charge is 0.247 e. The van der Waals surface area contributed by atoms with Gasteiger partial charge in [-0.1, -0.05) is 12.1 Å². The van der Waals surface area contributed by atoms with Gasteiger partial charge in [-0.05, 0) is 35.9 Å². The predicted molar refractivity (Wildman–Crippen MR) is 110 cm³/mol. The summed E-state index contributed by atoms with van der Waals surface area (Å²) in [5.41, 5.74) is 0.705. The first-order valence-electron chi connectivity index (χ1n) is 9.30. The molecule has 3 rings (SSSR count). The van der Waals surface area contributed by atoms with Crippen molar-refractivity contribution >= 4 is 22.0 Å². The molecule has 0 aliphatic carbocycles. The van der Waals surface area contributed by atoms with Crippen LogP contribution < -0.4 is 9.47 Å². The van der Waals surface area contributed by atoms with Crippen LogP contribution >= 0.6 is 0 Å². The van der Waals surface area contributed by atoms with Crippen molar-refractivity contribution in [3.05, 3.63) is 59.9 Å². The van der Waals surface area contributed by atoms with Crippen molar-refractivity contribution < 1.29 is 27.1 Å². The number of piperazine rings is 1. The Hall–Kier alpha value is -2.91. The summed E-state index contributed by atoms with van der Waals surface area (Å²) in [6, 6.07) is 10.4. The van der Waals surface area contributed by atoms with Crippen LogP contribution in [0.5, 0.6) is 11.5 Å². The molecule has 0 atom stereocenters. The van der Waals surface area contributed by atoms with Gasteiger partial charge in [0.15, 0.2) is 0 Å². The van der Waals surface area contributed by atoms with E-state index in [1.807, 2.05) is 0 Å². The van der Waals surface area contributed by atoms with Crippen LogP contribution in [0.1, 0.15) is 5.56 Å².